The van der Waals surface area contributed by atoms with Crippen LogP contribution in [0, 0.1) is 0 Å². The summed E-state index contributed by atoms with van der Waals surface area (Å²) in [6.45, 7) is 2.71. The van der Waals surface area contributed by atoms with E-state index in [9.17, 15) is 8.42 Å². The molecule has 0 spiro atoms. The molecule has 1 aromatic heterocycles. The highest BCUT2D eigenvalue weighted by Gasteiger charge is 2.35. The van der Waals surface area contributed by atoms with Gasteiger partial charge < -0.3 is 14.6 Å². The number of nitrogens with one attached hydrogen (secondary N) is 1. The summed E-state index contributed by atoms with van der Waals surface area (Å²) in [4.78, 5) is 0.362. The number of benzene rings is 2. The van der Waals surface area contributed by atoms with Crippen LogP contribution in [0.4, 0.5) is 0 Å². The van der Waals surface area contributed by atoms with Crippen LogP contribution in [0.15, 0.2) is 47.4 Å². The third kappa shape index (κ3) is 2.58. The van der Waals surface area contributed by atoms with Gasteiger partial charge in [0.2, 0.25) is 0 Å². The van der Waals surface area contributed by atoms with Crippen molar-refractivity contribution in [3.05, 3.63) is 59.3 Å². The average molecular weight is 397 g/mol. The minimum Gasteiger partial charge on any atom is -0.497 e. The van der Waals surface area contributed by atoms with Gasteiger partial charge in [-0.3, -0.25) is 0 Å². The highest BCUT2D eigenvalue weighted by molar-refractivity contribution is 7.91. The Labute approximate surface area is 165 Å². The molecule has 3 aromatic rings. The van der Waals surface area contributed by atoms with Gasteiger partial charge in [0, 0.05) is 30.6 Å². The second kappa shape index (κ2) is 6.64. The Bertz CT molecular complexity index is 1150. The van der Waals surface area contributed by atoms with Crippen LogP contribution in [-0.4, -0.2) is 33.2 Å². The van der Waals surface area contributed by atoms with Crippen molar-refractivity contribution in [2.75, 3.05) is 20.2 Å². The standard InChI is InChI=1S/C22H24N2O3S/c1-27-15-5-7-16(8-6-15)28(25,26)21-11-14-24-20-10-13-23-12-9-17(20)18-3-2-4-19(21)22(18)24/h2-8,21,23H,9-14H2,1H3. The van der Waals surface area contributed by atoms with Crippen molar-refractivity contribution >= 4 is 20.7 Å². The second-order valence-corrected chi connectivity index (χ2v) is 9.70. The molecule has 3 heterocycles. The summed E-state index contributed by atoms with van der Waals surface area (Å²) in [7, 11) is -1.88. The molecule has 28 heavy (non-hydrogen) atoms. The van der Waals surface area contributed by atoms with Gasteiger partial charge in [0.15, 0.2) is 9.84 Å². The monoisotopic (exact) mass is 396 g/mol. The molecule has 2 aromatic carbocycles. The minimum atomic E-state index is -3.47. The van der Waals surface area contributed by atoms with Gasteiger partial charge in [0.25, 0.3) is 0 Å². The largest absolute Gasteiger partial charge is 0.497 e. The number of ether oxygens (including phenoxy) is 1. The van der Waals surface area contributed by atoms with Gasteiger partial charge in [0.05, 0.1) is 22.8 Å². The number of aryl methyl sites for hydroxylation is 1. The number of para-hydroxylation sites is 1. The third-order valence-electron chi connectivity index (χ3n) is 6.15. The summed E-state index contributed by atoms with van der Waals surface area (Å²) in [6, 6.07) is 12.9. The summed E-state index contributed by atoms with van der Waals surface area (Å²) >= 11 is 0. The lowest BCUT2D eigenvalue weighted by Gasteiger charge is -2.26. The van der Waals surface area contributed by atoms with Crippen molar-refractivity contribution in [3.8, 4) is 5.75 Å². The van der Waals surface area contributed by atoms with Crippen LogP contribution in [0.25, 0.3) is 10.9 Å². The van der Waals surface area contributed by atoms with Crippen LogP contribution in [0.1, 0.15) is 28.5 Å². The van der Waals surface area contributed by atoms with E-state index < -0.39 is 15.1 Å². The highest BCUT2D eigenvalue weighted by atomic mass is 32.2. The van der Waals surface area contributed by atoms with Crippen molar-refractivity contribution in [2.24, 2.45) is 0 Å². The number of fused-ring (bicyclic) bond motifs is 3. The molecule has 1 N–H and O–H groups in total. The van der Waals surface area contributed by atoms with Crippen molar-refractivity contribution < 1.29 is 13.2 Å². The molecular formula is C22H24N2O3S. The molecule has 0 amide bonds. The smallest absolute Gasteiger partial charge is 0.185 e. The van der Waals surface area contributed by atoms with Crippen molar-refractivity contribution in [1.29, 1.82) is 0 Å². The van der Waals surface area contributed by atoms with Gasteiger partial charge in [-0.25, -0.2) is 8.42 Å². The van der Waals surface area contributed by atoms with E-state index in [1.54, 1.807) is 31.4 Å². The van der Waals surface area contributed by atoms with Gasteiger partial charge in [-0.15, -0.1) is 0 Å². The molecule has 0 saturated carbocycles. The van der Waals surface area contributed by atoms with Crippen LogP contribution >= 0.6 is 0 Å². The van der Waals surface area contributed by atoms with Crippen LogP contribution in [0.2, 0.25) is 0 Å². The Morgan fingerprint density at radius 2 is 1.86 bits per heavy atom. The average Bonchev–Trinajstić information content (AvgIpc) is 2.88. The predicted molar refractivity (Wildman–Crippen MR) is 110 cm³/mol. The van der Waals surface area contributed by atoms with E-state index >= 15 is 0 Å². The fourth-order valence-electron chi connectivity index (χ4n) is 4.83. The Hall–Kier alpha value is -2.31. The van der Waals surface area contributed by atoms with Crippen molar-refractivity contribution in [2.45, 2.75) is 36.0 Å². The zero-order valence-electron chi connectivity index (χ0n) is 15.9. The first-order valence-electron chi connectivity index (χ1n) is 9.83. The number of nitrogens with zero attached hydrogens (tertiary/aromatic N) is 1. The topological polar surface area (TPSA) is 60.3 Å². The Balaban J connectivity index is 1.66. The first kappa shape index (κ1) is 17.8. The van der Waals surface area contributed by atoms with Gasteiger partial charge in [-0.2, -0.15) is 0 Å². The first-order chi connectivity index (χ1) is 13.6. The predicted octanol–water partition coefficient (Wildman–Crippen LogP) is 3.26. The molecule has 1 unspecified atom stereocenters. The number of methoxy groups -OCH3 is 1. The van der Waals surface area contributed by atoms with Gasteiger partial charge in [0.1, 0.15) is 5.75 Å². The van der Waals surface area contributed by atoms with Crippen LogP contribution in [-0.2, 0) is 29.2 Å². The molecule has 5 rings (SSSR count). The zero-order valence-corrected chi connectivity index (χ0v) is 16.8. The van der Waals surface area contributed by atoms with Gasteiger partial charge in [-0.1, -0.05) is 18.2 Å². The molecular weight excluding hydrogens is 372 g/mol. The summed E-state index contributed by atoms with van der Waals surface area (Å²) in [5, 5.41) is 4.20. The maximum Gasteiger partial charge on any atom is 0.185 e. The molecule has 0 saturated heterocycles. The zero-order chi connectivity index (χ0) is 19.3. The number of aromatic nitrogens is 1. The van der Waals surface area contributed by atoms with Gasteiger partial charge >= 0.3 is 0 Å². The Morgan fingerprint density at radius 3 is 2.64 bits per heavy atom. The fourth-order valence-corrected chi connectivity index (χ4v) is 6.61. The number of hydrogen-bond donors (Lipinski definition) is 1. The van der Waals surface area contributed by atoms with E-state index in [1.807, 2.05) is 12.1 Å². The lowest BCUT2D eigenvalue weighted by molar-refractivity contribution is 0.414. The Kier molecular flexibility index (Phi) is 4.21. The van der Waals surface area contributed by atoms with E-state index in [1.165, 1.54) is 16.6 Å². The first-order valence-corrected chi connectivity index (χ1v) is 11.4. The Morgan fingerprint density at radius 1 is 1.07 bits per heavy atom. The molecule has 0 radical (unpaired) electrons. The van der Waals surface area contributed by atoms with E-state index in [0.29, 0.717) is 17.1 Å². The molecule has 2 aliphatic heterocycles. The van der Waals surface area contributed by atoms with E-state index in [0.717, 1.165) is 43.6 Å². The maximum atomic E-state index is 13.5. The molecule has 0 bridgehead atoms. The maximum absolute atomic E-state index is 13.5. The highest BCUT2D eigenvalue weighted by Crippen LogP contribution is 2.43. The summed E-state index contributed by atoms with van der Waals surface area (Å²) in [5.74, 6) is 0.663. The summed E-state index contributed by atoms with van der Waals surface area (Å²) in [6.07, 6.45) is 2.60. The number of rotatable bonds is 3. The molecule has 6 heteroatoms. The molecule has 146 valence electrons. The molecule has 1 atom stereocenters. The lowest BCUT2D eigenvalue weighted by atomic mass is 10.0. The number of hydrogen-bond acceptors (Lipinski definition) is 4. The van der Waals surface area contributed by atoms with Gasteiger partial charge in [-0.05, 0) is 54.8 Å². The normalized spacial score (nSPS) is 19.2. The third-order valence-corrected chi connectivity index (χ3v) is 8.32. The molecule has 2 aliphatic rings. The second-order valence-electron chi connectivity index (χ2n) is 7.57. The lowest BCUT2D eigenvalue weighted by Crippen LogP contribution is -2.22. The van der Waals surface area contributed by atoms with E-state index in [2.05, 4.69) is 16.0 Å². The summed E-state index contributed by atoms with van der Waals surface area (Å²) in [5.41, 5.74) is 4.85. The number of sulfone groups is 1. The van der Waals surface area contributed by atoms with Crippen molar-refractivity contribution in [3.63, 3.8) is 0 Å². The minimum absolute atomic E-state index is 0.362. The van der Waals surface area contributed by atoms with Crippen LogP contribution < -0.4 is 10.1 Å². The fraction of sp³-hybridized carbons (Fsp3) is 0.364. The molecule has 5 nitrogen and oxygen atoms in total. The van der Waals surface area contributed by atoms with E-state index in [-0.39, 0.29) is 0 Å². The molecule has 0 fully saturated rings. The molecule has 0 aliphatic carbocycles. The van der Waals surface area contributed by atoms with Crippen molar-refractivity contribution in [1.82, 2.24) is 9.88 Å². The van der Waals surface area contributed by atoms with Crippen LogP contribution in [0.5, 0.6) is 5.75 Å². The van der Waals surface area contributed by atoms with E-state index in [4.69, 9.17) is 4.74 Å². The summed E-state index contributed by atoms with van der Waals surface area (Å²) < 4.78 is 34.5. The quantitative estimate of drug-likeness (QED) is 0.738. The SMILES string of the molecule is COc1ccc(S(=O)(=O)C2CCn3c4c(c5cccc2c53)CCNCC4)cc1. The van der Waals surface area contributed by atoms with Crippen LogP contribution in [0.3, 0.4) is 0 Å².